The van der Waals surface area contributed by atoms with Crippen molar-refractivity contribution in [2.75, 3.05) is 0 Å². The number of carboxylic acid groups (broad SMARTS) is 1. The van der Waals surface area contributed by atoms with Crippen LogP contribution >= 0.6 is 15.9 Å². The van der Waals surface area contributed by atoms with Gasteiger partial charge in [-0.3, -0.25) is 4.79 Å². The van der Waals surface area contributed by atoms with Gasteiger partial charge in [-0.25, -0.2) is 0 Å². The Morgan fingerprint density at radius 2 is 1.80 bits per heavy atom. The number of carbonyl (C=O) groups is 1. The standard InChI is InChI=1S/C12H23BrO2/c1-9(2)7-6-8-12(13,10(14)15)11(3,4)5/h9H,6-8H2,1-5H3,(H,14,15). The van der Waals surface area contributed by atoms with Gasteiger partial charge < -0.3 is 5.11 Å². The van der Waals surface area contributed by atoms with E-state index in [0.29, 0.717) is 12.3 Å². The lowest BCUT2D eigenvalue weighted by molar-refractivity contribution is -0.142. The van der Waals surface area contributed by atoms with Crippen LogP contribution in [-0.2, 0) is 4.79 Å². The Morgan fingerprint density at radius 3 is 2.07 bits per heavy atom. The van der Waals surface area contributed by atoms with Gasteiger partial charge in [0, 0.05) is 0 Å². The minimum Gasteiger partial charge on any atom is -0.480 e. The second kappa shape index (κ2) is 5.33. The monoisotopic (exact) mass is 278 g/mol. The first kappa shape index (κ1) is 14.9. The first-order valence-corrected chi connectivity index (χ1v) is 6.33. The van der Waals surface area contributed by atoms with Crippen LogP contribution in [0.1, 0.15) is 53.9 Å². The number of halogens is 1. The van der Waals surface area contributed by atoms with Crippen molar-refractivity contribution < 1.29 is 9.90 Å². The van der Waals surface area contributed by atoms with Crippen molar-refractivity contribution in [3.8, 4) is 0 Å². The van der Waals surface area contributed by atoms with E-state index in [1.165, 1.54) is 0 Å². The summed E-state index contributed by atoms with van der Waals surface area (Å²) >= 11 is 3.42. The largest absolute Gasteiger partial charge is 0.480 e. The van der Waals surface area contributed by atoms with E-state index in [0.717, 1.165) is 12.8 Å². The van der Waals surface area contributed by atoms with E-state index >= 15 is 0 Å². The Morgan fingerprint density at radius 1 is 1.33 bits per heavy atom. The number of hydrogen-bond donors (Lipinski definition) is 1. The van der Waals surface area contributed by atoms with E-state index in [1.807, 2.05) is 20.8 Å². The third-order valence-electron chi connectivity index (χ3n) is 2.83. The van der Waals surface area contributed by atoms with Gasteiger partial charge in [-0.2, -0.15) is 0 Å². The Hall–Kier alpha value is -0.0500. The number of carboxylic acids is 1. The van der Waals surface area contributed by atoms with Crippen molar-refractivity contribution >= 4 is 21.9 Å². The fraction of sp³-hybridized carbons (Fsp3) is 0.917. The van der Waals surface area contributed by atoms with Gasteiger partial charge in [-0.05, 0) is 17.8 Å². The smallest absolute Gasteiger partial charge is 0.320 e. The molecule has 0 aliphatic carbocycles. The molecule has 0 aliphatic rings. The predicted octanol–water partition coefficient (Wildman–Crippen LogP) is 4.08. The van der Waals surface area contributed by atoms with Crippen molar-refractivity contribution in [3.63, 3.8) is 0 Å². The van der Waals surface area contributed by atoms with Gasteiger partial charge in [0.1, 0.15) is 4.32 Å². The first-order chi connectivity index (χ1) is 6.61. The fourth-order valence-electron chi connectivity index (χ4n) is 1.56. The lowest BCUT2D eigenvalue weighted by Crippen LogP contribution is -2.44. The molecule has 0 fully saturated rings. The molecule has 1 atom stereocenters. The Labute approximate surface area is 102 Å². The van der Waals surface area contributed by atoms with Crippen molar-refractivity contribution in [1.29, 1.82) is 0 Å². The SMILES string of the molecule is CC(C)CCCC(Br)(C(=O)O)C(C)(C)C. The molecule has 15 heavy (non-hydrogen) atoms. The molecular formula is C12H23BrO2. The maximum Gasteiger partial charge on any atom is 0.320 e. The molecule has 2 nitrogen and oxygen atoms in total. The minimum absolute atomic E-state index is 0.268. The highest BCUT2D eigenvalue weighted by Gasteiger charge is 2.45. The highest BCUT2D eigenvalue weighted by molar-refractivity contribution is 9.10. The van der Waals surface area contributed by atoms with Gasteiger partial charge in [-0.15, -0.1) is 0 Å². The van der Waals surface area contributed by atoms with Gasteiger partial charge in [0.2, 0.25) is 0 Å². The fourth-order valence-corrected chi connectivity index (χ4v) is 1.84. The molecule has 0 bridgehead atoms. The van der Waals surface area contributed by atoms with E-state index in [4.69, 9.17) is 0 Å². The lowest BCUT2D eigenvalue weighted by Gasteiger charge is -2.36. The average Bonchev–Trinajstić information content (AvgIpc) is 2.00. The molecule has 0 spiro atoms. The summed E-state index contributed by atoms with van der Waals surface area (Å²) in [6.07, 6.45) is 2.72. The van der Waals surface area contributed by atoms with E-state index in [2.05, 4.69) is 29.8 Å². The summed E-state index contributed by atoms with van der Waals surface area (Å²) in [4.78, 5) is 11.3. The molecule has 0 saturated heterocycles. The molecule has 0 rings (SSSR count). The maximum atomic E-state index is 11.3. The molecule has 0 radical (unpaired) electrons. The third-order valence-corrected chi connectivity index (χ3v) is 4.76. The zero-order chi connectivity index (χ0) is 12.3. The molecule has 0 amide bonds. The summed E-state index contributed by atoms with van der Waals surface area (Å²) in [5, 5.41) is 9.29. The van der Waals surface area contributed by atoms with Gasteiger partial charge in [-0.1, -0.05) is 63.4 Å². The molecule has 0 aromatic heterocycles. The molecule has 0 aliphatic heterocycles. The Bertz CT molecular complexity index is 218. The molecular weight excluding hydrogens is 256 g/mol. The van der Waals surface area contributed by atoms with Crippen molar-refractivity contribution in [1.82, 2.24) is 0 Å². The van der Waals surface area contributed by atoms with Gasteiger partial charge in [0.05, 0.1) is 0 Å². The van der Waals surface area contributed by atoms with Gasteiger partial charge >= 0.3 is 5.97 Å². The number of hydrogen-bond acceptors (Lipinski definition) is 1. The van der Waals surface area contributed by atoms with E-state index < -0.39 is 10.3 Å². The van der Waals surface area contributed by atoms with E-state index in [9.17, 15) is 9.90 Å². The molecule has 0 aromatic carbocycles. The number of alkyl halides is 1. The van der Waals surface area contributed by atoms with Gasteiger partial charge in [0.25, 0.3) is 0 Å². The van der Waals surface area contributed by atoms with Crippen LogP contribution in [0.25, 0.3) is 0 Å². The predicted molar refractivity (Wildman–Crippen MR) is 67.4 cm³/mol. The van der Waals surface area contributed by atoms with Crippen LogP contribution in [0.5, 0.6) is 0 Å². The third kappa shape index (κ3) is 4.13. The quantitative estimate of drug-likeness (QED) is 0.770. The summed E-state index contributed by atoms with van der Waals surface area (Å²) < 4.78 is -0.797. The highest BCUT2D eigenvalue weighted by Crippen LogP contribution is 2.42. The molecule has 0 heterocycles. The average molecular weight is 279 g/mol. The lowest BCUT2D eigenvalue weighted by atomic mass is 9.77. The van der Waals surface area contributed by atoms with E-state index in [1.54, 1.807) is 0 Å². The summed E-state index contributed by atoms with van der Waals surface area (Å²) in [6, 6.07) is 0. The second-order valence-electron chi connectivity index (χ2n) is 5.64. The highest BCUT2D eigenvalue weighted by atomic mass is 79.9. The van der Waals surface area contributed by atoms with Crippen molar-refractivity contribution in [2.24, 2.45) is 11.3 Å². The van der Waals surface area contributed by atoms with Crippen LogP contribution in [0.15, 0.2) is 0 Å². The molecule has 3 heteroatoms. The minimum atomic E-state index is -0.797. The van der Waals surface area contributed by atoms with E-state index in [-0.39, 0.29) is 5.41 Å². The summed E-state index contributed by atoms with van der Waals surface area (Å²) in [6.45, 7) is 10.2. The zero-order valence-corrected chi connectivity index (χ0v) is 12.0. The van der Waals surface area contributed by atoms with Crippen molar-refractivity contribution in [3.05, 3.63) is 0 Å². The first-order valence-electron chi connectivity index (χ1n) is 5.53. The summed E-state index contributed by atoms with van der Waals surface area (Å²) in [5.41, 5.74) is -0.268. The Balaban J connectivity index is 4.48. The van der Waals surface area contributed by atoms with Crippen LogP contribution in [0, 0.1) is 11.3 Å². The summed E-state index contributed by atoms with van der Waals surface area (Å²) in [5.74, 6) is -0.116. The summed E-state index contributed by atoms with van der Waals surface area (Å²) in [7, 11) is 0. The molecule has 0 aromatic rings. The van der Waals surface area contributed by atoms with Crippen molar-refractivity contribution in [2.45, 2.75) is 58.2 Å². The Kier molecular flexibility index (Phi) is 5.31. The van der Waals surface area contributed by atoms with Crippen LogP contribution in [0.4, 0.5) is 0 Å². The van der Waals surface area contributed by atoms with Crippen LogP contribution < -0.4 is 0 Å². The van der Waals surface area contributed by atoms with Gasteiger partial charge in [0.15, 0.2) is 0 Å². The second-order valence-corrected chi connectivity index (χ2v) is 7.00. The molecule has 1 N–H and O–H groups in total. The normalized spacial score (nSPS) is 16.5. The maximum absolute atomic E-state index is 11.3. The van der Waals surface area contributed by atoms with Crippen LogP contribution in [0.2, 0.25) is 0 Å². The molecule has 1 unspecified atom stereocenters. The van der Waals surface area contributed by atoms with Crippen LogP contribution in [0.3, 0.4) is 0 Å². The zero-order valence-electron chi connectivity index (χ0n) is 10.4. The molecule has 90 valence electrons. The topological polar surface area (TPSA) is 37.3 Å². The van der Waals surface area contributed by atoms with Crippen LogP contribution in [-0.4, -0.2) is 15.4 Å². The number of aliphatic carboxylic acids is 1. The molecule has 0 saturated carbocycles. The number of rotatable bonds is 5.